The molecule has 1 aromatic carbocycles. The molecule has 10 heteroatoms. The maximum absolute atomic E-state index is 12.7. The molecule has 0 amide bonds. The van der Waals surface area contributed by atoms with E-state index in [4.69, 9.17) is 29.4 Å². The minimum atomic E-state index is -0.845. The van der Waals surface area contributed by atoms with Crippen LogP contribution in [0.2, 0.25) is 0 Å². The maximum atomic E-state index is 12.7. The van der Waals surface area contributed by atoms with Crippen LogP contribution in [-0.4, -0.2) is 38.4 Å². The number of carbonyl (C=O) groups excluding carboxylic acids is 2. The zero-order valence-corrected chi connectivity index (χ0v) is 19.9. The lowest BCUT2D eigenvalue weighted by Crippen LogP contribution is -2.25. The van der Waals surface area contributed by atoms with Crippen molar-refractivity contribution < 1.29 is 33.3 Å². The Hall–Kier alpha value is -3.19. The molecule has 0 saturated heterocycles. The highest BCUT2D eigenvalue weighted by Crippen LogP contribution is 2.45. The number of hydrogen-bond donors (Lipinski definition) is 1. The number of esters is 2. The molecule has 0 bridgehead atoms. The minimum Gasteiger partial charge on any atom is -0.490 e. The van der Waals surface area contributed by atoms with Crippen LogP contribution < -0.4 is 15.2 Å². The number of allylic oxidation sites excluding steroid dienone is 2. The molecule has 1 heterocycles. The zero-order chi connectivity index (χ0) is 23.8. The first-order valence-electron chi connectivity index (χ1n) is 9.98. The van der Waals surface area contributed by atoms with E-state index in [1.54, 1.807) is 39.8 Å². The standard InChI is InChI=1S/C22H25BrN2O7/c1-5-28-16-9-13(8-15(23)20(16)31-11-17(26)29-6-2)19-14(10-24)21(25)32-12(4)18(19)22(27)30-7-3/h8-9,19H,5-7,11,25H2,1-4H3. The molecule has 1 aliphatic heterocycles. The first-order valence-corrected chi connectivity index (χ1v) is 10.8. The Labute approximate surface area is 194 Å². The summed E-state index contributed by atoms with van der Waals surface area (Å²) in [4.78, 5) is 24.4. The molecule has 172 valence electrons. The second-order valence-electron chi connectivity index (χ2n) is 6.47. The highest BCUT2D eigenvalue weighted by molar-refractivity contribution is 9.10. The molecule has 0 fully saturated rings. The van der Waals surface area contributed by atoms with Crippen molar-refractivity contribution in [3.05, 3.63) is 45.0 Å². The van der Waals surface area contributed by atoms with Crippen molar-refractivity contribution in [3.63, 3.8) is 0 Å². The molecular formula is C22H25BrN2O7. The van der Waals surface area contributed by atoms with E-state index in [9.17, 15) is 14.9 Å². The van der Waals surface area contributed by atoms with E-state index in [1.165, 1.54) is 0 Å². The fourth-order valence-electron chi connectivity index (χ4n) is 3.18. The van der Waals surface area contributed by atoms with Gasteiger partial charge >= 0.3 is 11.9 Å². The van der Waals surface area contributed by atoms with Gasteiger partial charge in [0.25, 0.3) is 0 Å². The van der Waals surface area contributed by atoms with Crippen LogP contribution in [0.5, 0.6) is 11.5 Å². The Balaban J connectivity index is 2.59. The average molecular weight is 509 g/mol. The highest BCUT2D eigenvalue weighted by Gasteiger charge is 2.37. The zero-order valence-electron chi connectivity index (χ0n) is 18.3. The first-order chi connectivity index (χ1) is 15.3. The molecule has 0 radical (unpaired) electrons. The van der Waals surface area contributed by atoms with E-state index in [0.29, 0.717) is 22.4 Å². The summed E-state index contributed by atoms with van der Waals surface area (Å²) >= 11 is 3.43. The molecule has 1 unspecified atom stereocenters. The minimum absolute atomic E-state index is 0.0631. The van der Waals surface area contributed by atoms with E-state index in [1.807, 2.05) is 6.07 Å². The predicted molar refractivity (Wildman–Crippen MR) is 117 cm³/mol. The molecule has 1 aromatic rings. The number of benzene rings is 1. The van der Waals surface area contributed by atoms with Crippen molar-refractivity contribution in [1.29, 1.82) is 5.26 Å². The van der Waals surface area contributed by atoms with Crippen molar-refractivity contribution in [2.75, 3.05) is 26.4 Å². The number of ether oxygens (including phenoxy) is 5. The normalized spacial score (nSPS) is 15.6. The predicted octanol–water partition coefficient (Wildman–Crippen LogP) is 3.43. The Kier molecular flexibility index (Phi) is 8.96. The van der Waals surface area contributed by atoms with Gasteiger partial charge in [0.1, 0.15) is 17.4 Å². The fraction of sp³-hybridized carbons (Fsp3) is 0.409. The summed E-state index contributed by atoms with van der Waals surface area (Å²) in [5.41, 5.74) is 6.69. The Morgan fingerprint density at radius 3 is 2.44 bits per heavy atom. The Bertz CT molecular complexity index is 995. The molecule has 0 aromatic heterocycles. The first kappa shape index (κ1) is 25.1. The third kappa shape index (κ3) is 5.53. The summed E-state index contributed by atoms with van der Waals surface area (Å²) in [6, 6.07) is 5.32. The summed E-state index contributed by atoms with van der Waals surface area (Å²) in [5, 5.41) is 9.74. The van der Waals surface area contributed by atoms with Crippen molar-refractivity contribution in [2.24, 2.45) is 5.73 Å². The molecule has 9 nitrogen and oxygen atoms in total. The summed E-state index contributed by atoms with van der Waals surface area (Å²) in [5.74, 6) is -1.26. The summed E-state index contributed by atoms with van der Waals surface area (Å²) in [6.07, 6.45) is 0. The quantitative estimate of drug-likeness (QED) is 0.498. The molecule has 1 aliphatic rings. The number of hydrogen-bond acceptors (Lipinski definition) is 9. The number of nitriles is 1. The number of halogens is 1. The van der Waals surface area contributed by atoms with Gasteiger partial charge in [0.05, 0.1) is 35.8 Å². The molecule has 2 N–H and O–H groups in total. The molecule has 1 atom stereocenters. The van der Waals surface area contributed by atoms with Crippen LogP contribution in [0.3, 0.4) is 0 Å². The third-order valence-electron chi connectivity index (χ3n) is 4.41. The topological polar surface area (TPSA) is 130 Å². The molecule has 0 saturated carbocycles. The van der Waals surface area contributed by atoms with E-state index in [0.717, 1.165) is 0 Å². The van der Waals surface area contributed by atoms with Crippen molar-refractivity contribution in [1.82, 2.24) is 0 Å². The molecule has 32 heavy (non-hydrogen) atoms. The third-order valence-corrected chi connectivity index (χ3v) is 4.99. The van der Waals surface area contributed by atoms with Crippen LogP contribution in [0, 0.1) is 11.3 Å². The van der Waals surface area contributed by atoms with Crippen LogP contribution in [0.1, 0.15) is 39.2 Å². The van der Waals surface area contributed by atoms with E-state index < -0.39 is 17.9 Å². The largest absolute Gasteiger partial charge is 0.490 e. The van der Waals surface area contributed by atoms with Gasteiger partial charge in [-0.05, 0) is 61.3 Å². The Morgan fingerprint density at radius 2 is 1.84 bits per heavy atom. The van der Waals surface area contributed by atoms with Gasteiger partial charge < -0.3 is 29.4 Å². The van der Waals surface area contributed by atoms with Gasteiger partial charge in [-0.25, -0.2) is 9.59 Å². The molecule has 2 rings (SSSR count). The molecular weight excluding hydrogens is 484 g/mol. The van der Waals surface area contributed by atoms with Crippen molar-refractivity contribution >= 4 is 27.9 Å². The lowest BCUT2D eigenvalue weighted by atomic mass is 9.83. The van der Waals surface area contributed by atoms with Gasteiger partial charge in [-0.2, -0.15) is 5.26 Å². The highest BCUT2D eigenvalue weighted by atomic mass is 79.9. The lowest BCUT2D eigenvalue weighted by Gasteiger charge is -2.27. The second-order valence-corrected chi connectivity index (χ2v) is 7.33. The molecule has 0 aliphatic carbocycles. The van der Waals surface area contributed by atoms with Crippen LogP contribution in [0.15, 0.2) is 39.4 Å². The van der Waals surface area contributed by atoms with Crippen LogP contribution in [0.4, 0.5) is 0 Å². The van der Waals surface area contributed by atoms with E-state index >= 15 is 0 Å². The summed E-state index contributed by atoms with van der Waals surface area (Å²) in [7, 11) is 0. The second kappa shape index (κ2) is 11.4. The lowest BCUT2D eigenvalue weighted by molar-refractivity contribution is -0.145. The summed E-state index contributed by atoms with van der Waals surface area (Å²) in [6.45, 7) is 7.13. The molecule has 0 spiro atoms. The van der Waals surface area contributed by atoms with Gasteiger partial charge in [-0.3, -0.25) is 0 Å². The van der Waals surface area contributed by atoms with Crippen molar-refractivity contribution in [3.8, 4) is 17.6 Å². The monoisotopic (exact) mass is 508 g/mol. The summed E-state index contributed by atoms with van der Waals surface area (Å²) < 4.78 is 27.3. The van der Waals surface area contributed by atoms with Crippen LogP contribution in [-0.2, 0) is 23.8 Å². The van der Waals surface area contributed by atoms with Gasteiger partial charge in [-0.1, -0.05) is 0 Å². The van der Waals surface area contributed by atoms with Gasteiger partial charge in [0.2, 0.25) is 5.88 Å². The fourth-order valence-corrected chi connectivity index (χ4v) is 3.75. The Morgan fingerprint density at radius 1 is 1.16 bits per heavy atom. The van der Waals surface area contributed by atoms with E-state index in [2.05, 4.69) is 15.9 Å². The van der Waals surface area contributed by atoms with Crippen molar-refractivity contribution in [2.45, 2.75) is 33.6 Å². The van der Waals surface area contributed by atoms with E-state index in [-0.39, 0.29) is 48.4 Å². The average Bonchev–Trinajstić information content (AvgIpc) is 2.73. The SMILES string of the molecule is CCOC(=O)COc1c(Br)cc(C2C(C#N)=C(N)OC(C)=C2C(=O)OCC)cc1OCC. The maximum Gasteiger partial charge on any atom is 0.344 e. The van der Waals surface area contributed by atoms with Gasteiger partial charge in [-0.15, -0.1) is 0 Å². The number of nitrogens with zero attached hydrogens (tertiary/aromatic N) is 1. The van der Waals surface area contributed by atoms with Crippen LogP contribution >= 0.6 is 15.9 Å². The van der Waals surface area contributed by atoms with Gasteiger partial charge in [0, 0.05) is 0 Å². The number of rotatable bonds is 9. The number of nitrogens with two attached hydrogens (primary N) is 1. The van der Waals surface area contributed by atoms with Crippen LogP contribution in [0.25, 0.3) is 0 Å². The van der Waals surface area contributed by atoms with Gasteiger partial charge in [0.15, 0.2) is 18.1 Å². The smallest absolute Gasteiger partial charge is 0.344 e. The number of carbonyl (C=O) groups is 2.